The van der Waals surface area contributed by atoms with Crippen molar-refractivity contribution in [3.05, 3.63) is 0 Å². The highest BCUT2D eigenvalue weighted by Crippen LogP contribution is 2.22. The zero-order chi connectivity index (χ0) is 13.1. The number of likely N-dealkylation sites (N-methyl/N-ethyl adjacent to an activating group) is 1. The summed E-state index contributed by atoms with van der Waals surface area (Å²) in [4.78, 5) is 24.9. The molecule has 2 N–H and O–H groups in total. The van der Waals surface area contributed by atoms with Gasteiger partial charge in [0.15, 0.2) is 0 Å². The summed E-state index contributed by atoms with van der Waals surface area (Å²) in [5.41, 5.74) is 0. The number of carboxylic acids is 1. The second kappa shape index (κ2) is 5.67. The second-order valence-electron chi connectivity index (χ2n) is 5.04. The van der Waals surface area contributed by atoms with Crippen LogP contribution < -0.4 is 5.32 Å². The van der Waals surface area contributed by atoms with Gasteiger partial charge in [-0.3, -0.25) is 9.59 Å². The van der Waals surface area contributed by atoms with Gasteiger partial charge in [-0.25, -0.2) is 0 Å². The van der Waals surface area contributed by atoms with Gasteiger partial charge >= 0.3 is 5.97 Å². The Balaban J connectivity index is 1.98. The van der Waals surface area contributed by atoms with Crippen molar-refractivity contribution >= 4 is 11.9 Å². The van der Waals surface area contributed by atoms with Crippen LogP contribution in [0.15, 0.2) is 0 Å². The maximum Gasteiger partial charge on any atom is 0.311 e. The van der Waals surface area contributed by atoms with Crippen LogP contribution in [0.4, 0.5) is 0 Å². The van der Waals surface area contributed by atoms with Gasteiger partial charge in [-0.1, -0.05) is 0 Å². The molecule has 2 heterocycles. The summed E-state index contributed by atoms with van der Waals surface area (Å²) in [6.07, 6.45) is 1.87. The molecule has 2 saturated heterocycles. The number of carbonyl (C=O) groups excluding carboxylic acids is 1. The molecule has 1 amide bonds. The number of carboxylic acid groups (broad SMARTS) is 1. The molecule has 6 heteroatoms. The Kier molecular flexibility index (Phi) is 4.19. The van der Waals surface area contributed by atoms with E-state index in [9.17, 15) is 9.59 Å². The fourth-order valence-electron chi connectivity index (χ4n) is 2.67. The molecule has 3 unspecified atom stereocenters. The fraction of sp³-hybridized carbons (Fsp3) is 0.833. The Hall–Kier alpha value is -1.14. The van der Waals surface area contributed by atoms with Gasteiger partial charge in [0.05, 0.1) is 25.2 Å². The standard InChI is InChI=1S/C12H20N2O4/c1-14(10-7-18-6-9(10)12(16)17)11(15)8-3-2-4-13-5-8/h8-10,13H,2-7H2,1H3,(H,16,17). The topological polar surface area (TPSA) is 78.9 Å². The molecule has 0 bridgehead atoms. The molecule has 2 rings (SSSR count). The molecule has 6 nitrogen and oxygen atoms in total. The lowest BCUT2D eigenvalue weighted by Crippen LogP contribution is -2.49. The SMILES string of the molecule is CN(C(=O)C1CCCNC1)C1COCC1C(=O)O. The summed E-state index contributed by atoms with van der Waals surface area (Å²) >= 11 is 0. The normalized spacial score (nSPS) is 32.2. The molecular formula is C12H20N2O4. The maximum atomic E-state index is 12.3. The minimum Gasteiger partial charge on any atom is -0.481 e. The molecule has 0 aromatic rings. The van der Waals surface area contributed by atoms with Crippen LogP contribution in [-0.2, 0) is 14.3 Å². The highest BCUT2D eigenvalue weighted by Gasteiger charge is 2.39. The third-order valence-electron chi connectivity index (χ3n) is 3.86. The van der Waals surface area contributed by atoms with Gasteiger partial charge in [0.25, 0.3) is 0 Å². The number of aliphatic carboxylic acids is 1. The Morgan fingerprint density at radius 3 is 2.78 bits per heavy atom. The number of rotatable bonds is 3. The first-order valence-corrected chi connectivity index (χ1v) is 6.39. The molecule has 0 spiro atoms. The summed E-state index contributed by atoms with van der Waals surface area (Å²) in [5.74, 6) is -1.49. The van der Waals surface area contributed by atoms with E-state index in [-0.39, 0.29) is 24.5 Å². The number of carbonyl (C=O) groups is 2. The first kappa shape index (κ1) is 13.3. The summed E-state index contributed by atoms with van der Waals surface area (Å²) < 4.78 is 5.20. The average Bonchev–Trinajstić information content (AvgIpc) is 2.87. The van der Waals surface area contributed by atoms with Gasteiger partial charge in [0, 0.05) is 13.6 Å². The van der Waals surface area contributed by atoms with Crippen molar-refractivity contribution in [2.24, 2.45) is 11.8 Å². The van der Waals surface area contributed by atoms with Gasteiger partial charge in [0.1, 0.15) is 5.92 Å². The molecule has 0 aromatic carbocycles. The minimum absolute atomic E-state index is 0.0289. The summed E-state index contributed by atoms with van der Waals surface area (Å²) in [7, 11) is 1.69. The average molecular weight is 256 g/mol. The van der Waals surface area contributed by atoms with Crippen LogP contribution in [0.3, 0.4) is 0 Å². The molecule has 0 aromatic heterocycles. The summed E-state index contributed by atoms with van der Waals surface area (Å²) in [5, 5.41) is 12.3. The lowest BCUT2D eigenvalue weighted by atomic mass is 9.95. The third-order valence-corrected chi connectivity index (χ3v) is 3.86. The Morgan fingerprint density at radius 1 is 1.39 bits per heavy atom. The lowest BCUT2D eigenvalue weighted by molar-refractivity contribution is -0.145. The summed E-state index contributed by atoms with van der Waals surface area (Å²) in [6.45, 7) is 2.16. The quantitative estimate of drug-likeness (QED) is 0.714. The minimum atomic E-state index is -0.890. The first-order valence-electron chi connectivity index (χ1n) is 6.39. The number of nitrogens with one attached hydrogen (secondary N) is 1. The van der Waals surface area contributed by atoms with Crippen molar-refractivity contribution < 1.29 is 19.4 Å². The van der Waals surface area contributed by atoms with E-state index in [4.69, 9.17) is 9.84 Å². The molecule has 0 saturated carbocycles. The lowest BCUT2D eigenvalue weighted by Gasteiger charge is -2.31. The van der Waals surface area contributed by atoms with Crippen LogP contribution in [0.25, 0.3) is 0 Å². The summed E-state index contributed by atoms with van der Waals surface area (Å²) in [6, 6.07) is -0.336. The third kappa shape index (κ3) is 2.64. The van der Waals surface area contributed by atoms with Crippen molar-refractivity contribution in [3.8, 4) is 0 Å². The Bertz CT molecular complexity index is 328. The van der Waals surface area contributed by atoms with E-state index in [0.717, 1.165) is 19.4 Å². The van der Waals surface area contributed by atoms with E-state index < -0.39 is 11.9 Å². The van der Waals surface area contributed by atoms with Gasteiger partial charge in [-0.05, 0) is 19.4 Å². The highest BCUT2D eigenvalue weighted by molar-refractivity contribution is 5.80. The van der Waals surface area contributed by atoms with E-state index >= 15 is 0 Å². The van der Waals surface area contributed by atoms with E-state index in [0.29, 0.717) is 13.2 Å². The largest absolute Gasteiger partial charge is 0.481 e. The predicted molar refractivity (Wildman–Crippen MR) is 64.1 cm³/mol. The molecule has 2 fully saturated rings. The fourth-order valence-corrected chi connectivity index (χ4v) is 2.67. The zero-order valence-electron chi connectivity index (χ0n) is 10.6. The highest BCUT2D eigenvalue weighted by atomic mass is 16.5. The van der Waals surface area contributed by atoms with Crippen molar-refractivity contribution in [1.82, 2.24) is 10.2 Å². The van der Waals surface area contributed by atoms with Gasteiger partial charge in [-0.2, -0.15) is 0 Å². The van der Waals surface area contributed by atoms with Crippen LogP contribution in [-0.4, -0.2) is 61.3 Å². The molecule has 18 heavy (non-hydrogen) atoms. The van der Waals surface area contributed by atoms with Crippen molar-refractivity contribution in [1.29, 1.82) is 0 Å². The van der Waals surface area contributed by atoms with Gasteiger partial charge in [0.2, 0.25) is 5.91 Å². The van der Waals surface area contributed by atoms with E-state index in [1.165, 1.54) is 0 Å². The molecule has 3 atom stereocenters. The monoisotopic (exact) mass is 256 g/mol. The molecule has 2 aliphatic rings. The van der Waals surface area contributed by atoms with Crippen LogP contribution in [0, 0.1) is 11.8 Å². The van der Waals surface area contributed by atoms with Crippen LogP contribution in [0.2, 0.25) is 0 Å². The van der Waals surface area contributed by atoms with Crippen LogP contribution in [0.5, 0.6) is 0 Å². The van der Waals surface area contributed by atoms with Crippen molar-refractivity contribution in [3.63, 3.8) is 0 Å². The molecular weight excluding hydrogens is 236 g/mol. The van der Waals surface area contributed by atoms with E-state index in [2.05, 4.69) is 5.32 Å². The van der Waals surface area contributed by atoms with Gasteiger partial charge in [-0.15, -0.1) is 0 Å². The number of amides is 1. The van der Waals surface area contributed by atoms with Crippen molar-refractivity contribution in [2.45, 2.75) is 18.9 Å². The number of nitrogens with zero attached hydrogens (tertiary/aromatic N) is 1. The molecule has 0 aliphatic carbocycles. The Labute approximate surface area is 106 Å². The first-order chi connectivity index (χ1) is 8.61. The predicted octanol–water partition coefficient (Wildman–Crippen LogP) is -0.456. The van der Waals surface area contributed by atoms with E-state index in [1.54, 1.807) is 11.9 Å². The van der Waals surface area contributed by atoms with E-state index in [1.807, 2.05) is 0 Å². The second-order valence-corrected chi connectivity index (χ2v) is 5.04. The Morgan fingerprint density at radius 2 is 2.17 bits per heavy atom. The van der Waals surface area contributed by atoms with Crippen molar-refractivity contribution in [2.75, 3.05) is 33.4 Å². The number of hydrogen-bond acceptors (Lipinski definition) is 4. The van der Waals surface area contributed by atoms with Gasteiger partial charge < -0.3 is 20.1 Å². The van der Waals surface area contributed by atoms with Crippen LogP contribution >= 0.6 is 0 Å². The number of piperidine rings is 1. The smallest absolute Gasteiger partial charge is 0.311 e. The molecule has 2 aliphatic heterocycles. The van der Waals surface area contributed by atoms with Crippen LogP contribution in [0.1, 0.15) is 12.8 Å². The molecule has 102 valence electrons. The maximum absolute atomic E-state index is 12.3. The molecule has 0 radical (unpaired) electrons. The number of ether oxygens (including phenoxy) is 1. The zero-order valence-corrected chi connectivity index (χ0v) is 10.6. The number of hydrogen-bond donors (Lipinski definition) is 2.